The smallest absolute Gasteiger partial charge is 0.316 e. The van der Waals surface area contributed by atoms with Crippen LogP contribution in [0.5, 0.6) is 5.75 Å². The molecule has 2 fully saturated rings. The SMILES string of the molecule is CC(C)SN1CCN(c2cnn(-c3cc(F)cc(F)c3)c(=O)c2OC2CCC(F)(F)C2)CC1. The third kappa shape index (κ3) is 5.63. The number of benzene rings is 1. The van der Waals surface area contributed by atoms with Crippen LogP contribution in [0.15, 0.2) is 29.2 Å². The van der Waals surface area contributed by atoms with Crippen LogP contribution in [0.4, 0.5) is 23.2 Å². The van der Waals surface area contributed by atoms with Crippen molar-refractivity contribution in [2.75, 3.05) is 31.1 Å². The Morgan fingerprint density at radius 2 is 1.79 bits per heavy atom. The number of aromatic nitrogens is 2. The maximum absolute atomic E-state index is 13.8. The van der Waals surface area contributed by atoms with E-state index in [1.54, 1.807) is 11.9 Å². The van der Waals surface area contributed by atoms with E-state index in [0.29, 0.717) is 30.1 Å². The largest absolute Gasteiger partial charge is 0.483 e. The summed E-state index contributed by atoms with van der Waals surface area (Å²) in [6, 6.07) is 2.65. The molecule has 0 spiro atoms. The highest BCUT2D eigenvalue weighted by atomic mass is 32.2. The highest BCUT2D eigenvalue weighted by Gasteiger charge is 2.41. The third-order valence-electron chi connectivity index (χ3n) is 5.59. The lowest BCUT2D eigenvalue weighted by Crippen LogP contribution is -2.45. The molecule has 2 aromatic rings. The van der Waals surface area contributed by atoms with E-state index >= 15 is 0 Å². The van der Waals surface area contributed by atoms with Crippen molar-refractivity contribution in [2.24, 2.45) is 0 Å². The molecule has 180 valence electrons. The third-order valence-corrected chi connectivity index (χ3v) is 6.67. The van der Waals surface area contributed by atoms with Gasteiger partial charge in [-0.2, -0.15) is 9.78 Å². The molecule has 0 N–H and O–H groups in total. The van der Waals surface area contributed by atoms with Gasteiger partial charge in [0.1, 0.15) is 23.4 Å². The fraction of sp³-hybridized carbons (Fsp3) is 0.545. The van der Waals surface area contributed by atoms with Gasteiger partial charge < -0.3 is 9.64 Å². The van der Waals surface area contributed by atoms with Crippen LogP contribution in [0.1, 0.15) is 33.1 Å². The summed E-state index contributed by atoms with van der Waals surface area (Å²) in [4.78, 5) is 15.3. The number of halogens is 4. The lowest BCUT2D eigenvalue weighted by Gasteiger charge is -2.36. The highest BCUT2D eigenvalue weighted by Crippen LogP contribution is 2.38. The molecule has 0 amide bonds. The van der Waals surface area contributed by atoms with E-state index < -0.39 is 35.6 Å². The summed E-state index contributed by atoms with van der Waals surface area (Å²) < 4.78 is 63.9. The second-order valence-electron chi connectivity index (χ2n) is 8.61. The van der Waals surface area contributed by atoms with Crippen molar-refractivity contribution in [3.63, 3.8) is 0 Å². The molecule has 2 heterocycles. The van der Waals surface area contributed by atoms with Gasteiger partial charge in [0.2, 0.25) is 5.75 Å². The van der Waals surface area contributed by atoms with Crippen LogP contribution in [0, 0.1) is 11.6 Å². The monoisotopic (exact) mass is 486 g/mol. The van der Waals surface area contributed by atoms with Crippen LogP contribution in [0.3, 0.4) is 0 Å². The number of nitrogens with zero attached hydrogens (tertiary/aromatic N) is 4. The molecule has 1 saturated carbocycles. The first kappa shape index (κ1) is 23.9. The Bertz CT molecular complexity index is 1040. The van der Waals surface area contributed by atoms with Gasteiger partial charge in [-0.3, -0.25) is 4.79 Å². The summed E-state index contributed by atoms with van der Waals surface area (Å²) in [6.45, 7) is 6.88. The minimum atomic E-state index is -2.84. The van der Waals surface area contributed by atoms with E-state index in [-0.39, 0.29) is 24.3 Å². The van der Waals surface area contributed by atoms with Crippen LogP contribution in [0.25, 0.3) is 5.69 Å². The summed E-state index contributed by atoms with van der Waals surface area (Å²) in [5, 5.41) is 4.56. The van der Waals surface area contributed by atoms with Gasteiger partial charge in [-0.1, -0.05) is 25.8 Å². The zero-order valence-electron chi connectivity index (χ0n) is 18.4. The average molecular weight is 487 g/mol. The second-order valence-corrected chi connectivity index (χ2v) is 10.3. The molecule has 11 heteroatoms. The molecule has 2 aliphatic rings. The lowest BCUT2D eigenvalue weighted by molar-refractivity contribution is -0.00117. The summed E-state index contributed by atoms with van der Waals surface area (Å²) in [5.74, 6) is -4.69. The number of anilines is 1. The Balaban J connectivity index is 1.67. The topological polar surface area (TPSA) is 50.6 Å². The Morgan fingerprint density at radius 1 is 1.12 bits per heavy atom. The van der Waals surface area contributed by atoms with E-state index in [1.165, 1.54) is 6.20 Å². The van der Waals surface area contributed by atoms with Gasteiger partial charge in [-0.25, -0.2) is 21.9 Å². The fourth-order valence-corrected chi connectivity index (χ4v) is 5.09. The standard InChI is InChI=1S/C22H26F4N4O2S/c1-14(2)33-29-7-5-28(6-8-29)19-13-27-30(17-10-15(23)9-16(24)11-17)21(31)20(19)32-18-3-4-22(25,26)12-18/h9-11,13-14,18H,3-8,12H2,1-2H3. The molecular formula is C22H26F4N4O2S. The molecule has 1 aromatic heterocycles. The van der Waals surface area contributed by atoms with E-state index in [0.717, 1.165) is 29.9 Å². The molecule has 1 atom stereocenters. The van der Waals surface area contributed by atoms with Crippen molar-refractivity contribution in [3.05, 3.63) is 46.4 Å². The maximum atomic E-state index is 13.8. The van der Waals surface area contributed by atoms with Crippen molar-refractivity contribution in [1.82, 2.24) is 14.1 Å². The Hall–Kier alpha value is -2.27. The second kappa shape index (κ2) is 9.54. The number of hydrogen-bond acceptors (Lipinski definition) is 6. The molecule has 1 aromatic carbocycles. The predicted octanol–water partition coefficient (Wildman–Crippen LogP) is 4.26. The highest BCUT2D eigenvalue weighted by molar-refractivity contribution is 7.97. The Morgan fingerprint density at radius 3 is 2.36 bits per heavy atom. The average Bonchev–Trinajstić information content (AvgIpc) is 3.07. The quantitative estimate of drug-likeness (QED) is 0.450. The van der Waals surface area contributed by atoms with Crippen molar-refractivity contribution in [2.45, 2.75) is 50.4 Å². The molecular weight excluding hydrogens is 460 g/mol. The van der Waals surface area contributed by atoms with Gasteiger partial charge in [0.25, 0.3) is 5.92 Å². The van der Waals surface area contributed by atoms with Gasteiger partial charge in [0, 0.05) is 50.3 Å². The van der Waals surface area contributed by atoms with Crippen molar-refractivity contribution < 1.29 is 22.3 Å². The zero-order chi connectivity index (χ0) is 23.8. The van der Waals surface area contributed by atoms with Crippen LogP contribution in [-0.4, -0.2) is 57.5 Å². The molecule has 1 aliphatic heterocycles. The van der Waals surface area contributed by atoms with Crippen LogP contribution in [0.2, 0.25) is 0 Å². The minimum absolute atomic E-state index is 0.108. The van der Waals surface area contributed by atoms with E-state index in [1.807, 2.05) is 4.90 Å². The minimum Gasteiger partial charge on any atom is -0.483 e. The fourth-order valence-electron chi connectivity index (χ4n) is 4.12. The first-order valence-corrected chi connectivity index (χ1v) is 11.7. The normalized spacial score (nSPS) is 21.1. The van der Waals surface area contributed by atoms with E-state index in [4.69, 9.17) is 4.74 Å². The number of alkyl halides is 2. The van der Waals surface area contributed by atoms with Gasteiger partial charge in [-0.05, 0) is 18.6 Å². The predicted molar refractivity (Wildman–Crippen MR) is 119 cm³/mol. The molecule has 1 saturated heterocycles. The molecule has 4 rings (SSSR count). The number of ether oxygens (including phenoxy) is 1. The molecule has 1 unspecified atom stereocenters. The van der Waals surface area contributed by atoms with Gasteiger partial charge >= 0.3 is 5.56 Å². The summed E-state index contributed by atoms with van der Waals surface area (Å²) >= 11 is 1.75. The van der Waals surface area contributed by atoms with E-state index in [9.17, 15) is 22.4 Å². The van der Waals surface area contributed by atoms with Crippen LogP contribution >= 0.6 is 11.9 Å². The molecule has 6 nitrogen and oxygen atoms in total. The van der Waals surface area contributed by atoms with Crippen LogP contribution in [-0.2, 0) is 0 Å². The molecule has 0 radical (unpaired) electrons. The summed E-state index contributed by atoms with van der Waals surface area (Å²) in [5.41, 5.74) is -0.451. The lowest BCUT2D eigenvalue weighted by atomic mass is 10.2. The molecule has 1 aliphatic carbocycles. The summed E-state index contributed by atoms with van der Waals surface area (Å²) in [7, 11) is 0. The van der Waals surface area contributed by atoms with E-state index in [2.05, 4.69) is 23.3 Å². The Kier molecular flexibility index (Phi) is 6.90. The number of rotatable bonds is 6. The van der Waals surface area contributed by atoms with Gasteiger partial charge in [0.15, 0.2) is 0 Å². The Labute approximate surface area is 193 Å². The molecule has 0 bridgehead atoms. The first-order valence-electron chi connectivity index (χ1n) is 10.9. The molecule has 33 heavy (non-hydrogen) atoms. The number of hydrogen-bond donors (Lipinski definition) is 0. The summed E-state index contributed by atoms with van der Waals surface area (Å²) in [6.07, 6.45) is -0.113. The first-order chi connectivity index (χ1) is 15.6. The van der Waals surface area contributed by atoms with Crippen LogP contribution < -0.4 is 15.2 Å². The number of piperazine rings is 1. The van der Waals surface area contributed by atoms with Gasteiger partial charge in [-0.15, -0.1) is 0 Å². The van der Waals surface area contributed by atoms with Crippen molar-refractivity contribution in [3.8, 4) is 11.4 Å². The van der Waals surface area contributed by atoms with Gasteiger partial charge in [0.05, 0.1) is 11.9 Å². The zero-order valence-corrected chi connectivity index (χ0v) is 19.3. The van der Waals surface area contributed by atoms with Crippen molar-refractivity contribution >= 4 is 17.6 Å². The maximum Gasteiger partial charge on any atom is 0.316 e. The van der Waals surface area contributed by atoms with Crippen molar-refractivity contribution in [1.29, 1.82) is 0 Å².